The number of amides is 2. The number of carbonyl (C=O) groups is 2. The molecule has 0 saturated heterocycles. The predicted molar refractivity (Wildman–Crippen MR) is 127 cm³/mol. The molecule has 1 atom stereocenters. The molecule has 2 aromatic rings. The first-order chi connectivity index (χ1) is 15.8. The lowest BCUT2D eigenvalue weighted by atomic mass is 10.1. The average Bonchev–Trinajstić information content (AvgIpc) is 2.81. The molecule has 1 unspecified atom stereocenters. The summed E-state index contributed by atoms with van der Waals surface area (Å²) in [5, 5.41) is 11.7. The van der Waals surface area contributed by atoms with Crippen LogP contribution in [0.5, 0.6) is 0 Å². The van der Waals surface area contributed by atoms with Crippen LogP contribution < -0.4 is 10.0 Å². The van der Waals surface area contributed by atoms with Crippen molar-refractivity contribution >= 4 is 21.8 Å². The molecular weight excluding hydrogens is 442 g/mol. The smallest absolute Gasteiger partial charge is 0.242 e. The van der Waals surface area contributed by atoms with E-state index in [1.807, 2.05) is 30.3 Å². The standard InChI is InChI=1S/C24H33N3O5S/c1-3-26-33(31,32)22-13-10-20(11-14-22)12-15-23(29)27(18-21-8-5-4-6-9-21)19(2)24(30)25-16-7-17-28/h4-6,8-11,13-14,19,26,28H,3,7,12,15-18H2,1-2H3,(H,25,30). The van der Waals surface area contributed by atoms with Crippen molar-refractivity contribution in [2.75, 3.05) is 19.7 Å². The first-order valence-electron chi connectivity index (χ1n) is 11.1. The third-order valence-electron chi connectivity index (χ3n) is 5.19. The van der Waals surface area contributed by atoms with Crippen molar-refractivity contribution in [2.45, 2.75) is 50.6 Å². The largest absolute Gasteiger partial charge is 0.396 e. The van der Waals surface area contributed by atoms with Gasteiger partial charge in [-0.05, 0) is 43.0 Å². The van der Waals surface area contributed by atoms with E-state index in [9.17, 15) is 18.0 Å². The molecule has 3 N–H and O–H groups in total. The summed E-state index contributed by atoms with van der Waals surface area (Å²) in [5.41, 5.74) is 1.75. The van der Waals surface area contributed by atoms with Crippen LogP contribution in [-0.2, 0) is 32.6 Å². The van der Waals surface area contributed by atoms with Crippen LogP contribution in [0.4, 0.5) is 0 Å². The highest BCUT2D eigenvalue weighted by Crippen LogP contribution is 2.15. The summed E-state index contributed by atoms with van der Waals surface area (Å²) in [6.07, 6.45) is 1.05. The fourth-order valence-corrected chi connectivity index (χ4v) is 4.35. The van der Waals surface area contributed by atoms with Gasteiger partial charge >= 0.3 is 0 Å². The molecule has 0 spiro atoms. The second-order valence-electron chi connectivity index (χ2n) is 7.70. The second-order valence-corrected chi connectivity index (χ2v) is 9.46. The van der Waals surface area contributed by atoms with E-state index in [-0.39, 0.29) is 29.7 Å². The van der Waals surface area contributed by atoms with E-state index in [1.54, 1.807) is 30.9 Å². The molecule has 2 amide bonds. The van der Waals surface area contributed by atoms with Crippen molar-refractivity contribution in [3.8, 4) is 0 Å². The number of nitrogens with one attached hydrogen (secondary N) is 2. The van der Waals surface area contributed by atoms with Crippen LogP contribution >= 0.6 is 0 Å². The van der Waals surface area contributed by atoms with Gasteiger partial charge in [0.15, 0.2) is 0 Å². The van der Waals surface area contributed by atoms with E-state index in [0.717, 1.165) is 11.1 Å². The van der Waals surface area contributed by atoms with Crippen LogP contribution in [0.1, 0.15) is 37.8 Å². The van der Waals surface area contributed by atoms with Crippen LogP contribution in [0.25, 0.3) is 0 Å². The SMILES string of the molecule is CCNS(=O)(=O)c1ccc(CCC(=O)N(Cc2ccccc2)C(C)C(=O)NCCCO)cc1. The van der Waals surface area contributed by atoms with E-state index in [0.29, 0.717) is 32.5 Å². The zero-order valence-electron chi connectivity index (χ0n) is 19.2. The molecule has 2 aromatic carbocycles. The maximum Gasteiger partial charge on any atom is 0.242 e. The predicted octanol–water partition coefficient (Wildman–Crippen LogP) is 1.83. The number of hydrogen-bond acceptors (Lipinski definition) is 5. The van der Waals surface area contributed by atoms with Gasteiger partial charge in [-0.2, -0.15) is 0 Å². The Morgan fingerprint density at radius 3 is 2.30 bits per heavy atom. The third kappa shape index (κ3) is 8.27. The van der Waals surface area contributed by atoms with E-state index in [2.05, 4.69) is 10.0 Å². The highest BCUT2D eigenvalue weighted by atomic mass is 32.2. The molecule has 0 aliphatic heterocycles. The number of benzene rings is 2. The molecule has 9 heteroatoms. The van der Waals surface area contributed by atoms with Gasteiger partial charge in [0.05, 0.1) is 4.90 Å². The van der Waals surface area contributed by atoms with Gasteiger partial charge in [-0.1, -0.05) is 49.4 Å². The lowest BCUT2D eigenvalue weighted by molar-refractivity contribution is -0.140. The molecule has 8 nitrogen and oxygen atoms in total. The monoisotopic (exact) mass is 475 g/mol. The Morgan fingerprint density at radius 2 is 1.70 bits per heavy atom. The van der Waals surface area contributed by atoms with Crippen molar-refractivity contribution in [1.82, 2.24) is 14.9 Å². The van der Waals surface area contributed by atoms with Crippen molar-refractivity contribution < 1.29 is 23.1 Å². The summed E-state index contributed by atoms with van der Waals surface area (Å²) in [4.78, 5) is 27.4. The van der Waals surface area contributed by atoms with Gasteiger partial charge in [-0.25, -0.2) is 13.1 Å². The van der Waals surface area contributed by atoms with E-state index in [4.69, 9.17) is 5.11 Å². The molecule has 2 rings (SSSR count). The van der Waals surface area contributed by atoms with Crippen molar-refractivity contribution in [1.29, 1.82) is 0 Å². The Bertz CT molecular complexity index is 995. The number of sulfonamides is 1. The number of aliphatic hydroxyl groups is 1. The summed E-state index contributed by atoms with van der Waals surface area (Å²) in [7, 11) is -3.52. The maximum atomic E-state index is 13.1. The Balaban J connectivity index is 2.08. The summed E-state index contributed by atoms with van der Waals surface area (Å²) < 4.78 is 26.6. The van der Waals surface area contributed by atoms with Crippen LogP contribution in [0.15, 0.2) is 59.5 Å². The van der Waals surface area contributed by atoms with E-state index < -0.39 is 16.1 Å². The molecule has 180 valence electrons. The molecule has 0 aromatic heterocycles. The minimum absolute atomic E-state index is 0.0179. The Labute approximate surface area is 196 Å². The molecule has 0 bridgehead atoms. The average molecular weight is 476 g/mol. The number of nitrogens with zero attached hydrogens (tertiary/aromatic N) is 1. The van der Waals surface area contributed by atoms with Gasteiger partial charge in [-0.15, -0.1) is 0 Å². The number of carbonyl (C=O) groups excluding carboxylic acids is 2. The highest BCUT2D eigenvalue weighted by Gasteiger charge is 2.25. The Kier molecular flexibility index (Phi) is 10.5. The van der Waals surface area contributed by atoms with Crippen LogP contribution in [0.2, 0.25) is 0 Å². The lowest BCUT2D eigenvalue weighted by Gasteiger charge is -2.29. The molecule has 33 heavy (non-hydrogen) atoms. The summed E-state index contributed by atoms with van der Waals surface area (Å²) in [6, 6.07) is 15.2. The van der Waals surface area contributed by atoms with Crippen molar-refractivity contribution in [3.05, 3.63) is 65.7 Å². The van der Waals surface area contributed by atoms with Gasteiger partial charge in [0.1, 0.15) is 6.04 Å². The topological polar surface area (TPSA) is 116 Å². The number of aliphatic hydroxyl groups excluding tert-OH is 1. The van der Waals surface area contributed by atoms with Crippen LogP contribution in [0, 0.1) is 0 Å². The van der Waals surface area contributed by atoms with Crippen LogP contribution in [-0.4, -0.2) is 56.0 Å². The van der Waals surface area contributed by atoms with Gasteiger partial charge < -0.3 is 15.3 Å². The van der Waals surface area contributed by atoms with Gasteiger partial charge in [0.25, 0.3) is 0 Å². The first kappa shape index (κ1) is 26.5. The highest BCUT2D eigenvalue weighted by molar-refractivity contribution is 7.89. The van der Waals surface area contributed by atoms with Gasteiger partial charge in [0.2, 0.25) is 21.8 Å². The molecule has 0 aliphatic carbocycles. The number of rotatable bonds is 13. The quantitative estimate of drug-likeness (QED) is 0.382. The minimum Gasteiger partial charge on any atom is -0.396 e. The third-order valence-corrected chi connectivity index (χ3v) is 6.75. The van der Waals surface area contributed by atoms with Crippen LogP contribution in [0.3, 0.4) is 0 Å². The summed E-state index contributed by atoms with van der Waals surface area (Å²) in [6.45, 7) is 4.34. The normalized spacial score (nSPS) is 12.2. The lowest BCUT2D eigenvalue weighted by Crippen LogP contribution is -2.47. The summed E-state index contributed by atoms with van der Waals surface area (Å²) in [5.74, 6) is -0.446. The molecule has 0 saturated carbocycles. The zero-order valence-corrected chi connectivity index (χ0v) is 20.0. The Hall–Kier alpha value is -2.75. The Morgan fingerprint density at radius 1 is 1.03 bits per heavy atom. The molecule has 0 radical (unpaired) electrons. The summed E-state index contributed by atoms with van der Waals surface area (Å²) >= 11 is 0. The molecule has 0 heterocycles. The number of aryl methyl sites for hydroxylation is 1. The van der Waals surface area contributed by atoms with E-state index >= 15 is 0 Å². The first-order valence-corrected chi connectivity index (χ1v) is 12.6. The fraction of sp³-hybridized carbons (Fsp3) is 0.417. The fourth-order valence-electron chi connectivity index (χ4n) is 3.30. The molecular formula is C24H33N3O5S. The van der Waals surface area contributed by atoms with Crippen molar-refractivity contribution in [2.24, 2.45) is 0 Å². The second kappa shape index (κ2) is 13.1. The van der Waals surface area contributed by atoms with E-state index in [1.165, 1.54) is 12.1 Å². The molecule has 0 aliphatic rings. The molecule has 0 fully saturated rings. The van der Waals surface area contributed by atoms with Crippen molar-refractivity contribution in [3.63, 3.8) is 0 Å². The zero-order chi connectivity index (χ0) is 24.3. The number of hydrogen-bond donors (Lipinski definition) is 3. The minimum atomic E-state index is -3.52. The van der Waals surface area contributed by atoms with Gasteiger partial charge in [-0.3, -0.25) is 9.59 Å². The maximum absolute atomic E-state index is 13.1. The van der Waals surface area contributed by atoms with Gasteiger partial charge in [0, 0.05) is 32.7 Å².